The first-order valence-electron chi connectivity index (χ1n) is 8.02. The topological polar surface area (TPSA) is 35.2 Å². The molecule has 1 aliphatic carbocycles. The summed E-state index contributed by atoms with van der Waals surface area (Å²) in [5, 5.41) is 2.61. The minimum absolute atomic E-state index is 0.0635. The van der Waals surface area contributed by atoms with Crippen LogP contribution in [-0.4, -0.2) is 18.8 Å². The zero-order valence-electron chi connectivity index (χ0n) is 12.8. The molecule has 1 unspecified atom stereocenters. The standard InChI is InChI=1S/C19H25NO/c1-21-19(12-5-2-6-13-19)18(20)14-16-10-7-9-15-8-3-4-11-17(15)16/h3-4,7-11,18H,2,5-6,12-14,20H2,1H3. The van der Waals surface area contributed by atoms with Gasteiger partial charge in [0.05, 0.1) is 5.60 Å². The first kappa shape index (κ1) is 14.6. The van der Waals surface area contributed by atoms with Gasteiger partial charge >= 0.3 is 0 Å². The summed E-state index contributed by atoms with van der Waals surface area (Å²) in [6.07, 6.45) is 6.85. The van der Waals surface area contributed by atoms with Crippen molar-refractivity contribution in [1.29, 1.82) is 0 Å². The SMILES string of the molecule is COC1(C(N)Cc2cccc3ccccc23)CCCCC1. The lowest BCUT2D eigenvalue weighted by atomic mass is 9.77. The Morgan fingerprint density at radius 1 is 1.05 bits per heavy atom. The first-order valence-corrected chi connectivity index (χ1v) is 8.02. The average Bonchev–Trinajstić information content (AvgIpc) is 2.56. The maximum atomic E-state index is 6.59. The van der Waals surface area contributed by atoms with Crippen LogP contribution in [0.25, 0.3) is 10.8 Å². The van der Waals surface area contributed by atoms with Gasteiger partial charge < -0.3 is 10.5 Å². The van der Waals surface area contributed by atoms with E-state index < -0.39 is 0 Å². The van der Waals surface area contributed by atoms with Gasteiger partial charge in [-0.2, -0.15) is 0 Å². The summed E-state index contributed by atoms with van der Waals surface area (Å²) in [6, 6.07) is 15.1. The number of fused-ring (bicyclic) bond motifs is 1. The Morgan fingerprint density at radius 3 is 2.52 bits per heavy atom. The summed E-state index contributed by atoms with van der Waals surface area (Å²) in [4.78, 5) is 0. The van der Waals surface area contributed by atoms with Gasteiger partial charge in [0.25, 0.3) is 0 Å². The van der Waals surface area contributed by atoms with Crippen LogP contribution in [0.2, 0.25) is 0 Å². The molecule has 0 spiro atoms. The number of methoxy groups -OCH3 is 1. The smallest absolute Gasteiger partial charge is 0.0832 e. The predicted molar refractivity (Wildman–Crippen MR) is 88.5 cm³/mol. The molecule has 1 atom stereocenters. The van der Waals surface area contributed by atoms with Crippen molar-refractivity contribution in [2.24, 2.45) is 5.73 Å². The van der Waals surface area contributed by atoms with E-state index in [1.54, 1.807) is 0 Å². The van der Waals surface area contributed by atoms with E-state index in [2.05, 4.69) is 42.5 Å². The second kappa shape index (κ2) is 6.17. The summed E-state index contributed by atoms with van der Waals surface area (Å²) in [5.74, 6) is 0. The van der Waals surface area contributed by atoms with Gasteiger partial charge in [-0.05, 0) is 35.6 Å². The summed E-state index contributed by atoms with van der Waals surface area (Å²) in [5.41, 5.74) is 7.80. The van der Waals surface area contributed by atoms with Crippen molar-refractivity contribution in [2.75, 3.05) is 7.11 Å². The lowest BCUT2D eigenvalue weighted by molar-refractivity contribution is -0.0582. The Bertz CT molecular complexity index is 596. The number of nitrogens with two attached hydrogens (primary N) is 1. The molecule has 3 rings (SSSR count). The second-order valence-corrected chi connectivity index (χ2v) is 6.28. The summed E-state index contributed by atoms with van der Waals surface area (Å²) >= 11 is 0. The van der Waals surface area contributed by atoms with Crippen LogP contribution in [0.5, 0.6) is 0 Å². The van der Waals surface area contributed by atoms with Crippen molar-refractivity contribution in [3.8, 4) is 0 Å². The van der Waals surface area contributed by atoms with Crippen molar-refractivity contribution >= 4 is 10.8 Å². The Balaban J connectivity index is 1.87. The van der Waals surface area contributed by atoms with Crippen LogP contribution in [0, 0.1) is 0 Å². The zero-order chi connectivity index (χ0) is 14.7. The molecule has 1 saturated carbocycles. The summed E-state index contributed by atoms with van der Waals surface area (Å²) < 4.78 is 5.90. The van der Waals surface area contributed by atoms with E-state index in [4.69, 9.17) is 10.5 Å². The quantitative estimate of drug-likeness (QED) is 0.918. The van der Waals surface area contributed by atoms with Gasteiger partial charge in [0.15, 0.2) is 0 Å². The van der Waals surface area contributed by atoms with Gasteiger partial charge in [0.2, 0.25) is 0 Å². The van der Waals surface area contributed by atoms with Gasteiger partial charge in [-0.3, -0.25) is 0 Å². The monoisotopic (exact) mass is 283 g/mol. The molecule has 0 amide bonds. The van der Waals surface area contributed by atoms with Crippen molar-refractivity contribution in [3.05, 3.63) is 48.0 Å². The van der Waals surface area contributed by atoms with Crippen LogP contribution in [0.1, 0.15) is 37.7 Å². The largest absolute Gasteiger partial charge is 0.377 e. The molecular formula is C19H25NO. The molecule has 0 radical (unpaired) electrons. The minimum atomic E-state index is -0.130. The Kier molecular flexibility index (Phi) is 4.27. The lowest BCUT2D eigenvalue weighted by Crippen LogP contribution is -2.51. The maximum absolute atomic E-state index is 6.59. The molecule has 1 aliphatic rings. The molecule has 2 N–H and O–H groups in total. The second-order valence-electron chi connectivity index (χ2n) is 6.28. The van der Waals surface area contributed by atoms with Crippen LogP contribution >= 0.6 is 0 Å². The van der Waals surface area contributed by atoms with E-state index in [0.717, 1.165) is 19.3 Å². The average molecular weight is 283 g/mol. The number of rotatable bonds is 4. The fraction of sp³-hybridized carbons (Fsp3) is 0.474. The minimum Gasteiger partial charge on any atom is -0.377 e. The summed E-state index contributed by atoms with van der Waals surface area (Å²) in [6.45, 7) is 0. The van der Waals surface area contributed by atoms with Crippen LogP contribution in [0.15, 0.2) is 42.5 Å². The van der Waals surface area contributed by atoms with Gasteiger partial charge in [-0.25, -0.2) is 0 Å². The molecule has 0 aromatic heterocycles. The fourth-order valence-corrected chi connectivity index (χ4v) is 3.77. The molecule has 112 valence electrons. The number of hydrogen-bond acceptors (Lipinski definition) is 2. The van der Waals surface area contributed by atoms with Crippen LogP contribution < -0.4 is 5.73 Å². The van der Waals surface area contributed by atoms with E-state index in [0.29, 0.717) is 0 Å². The summed E-state index contributed by atoms with van der Waals surface area (Å²) in [7, 11) is 1.83. The van der Waals surface area contributed by atoms with Crippen molar-refractivity contribution in [2.45, 2.75) is 50.2 Å². The molecule has 0 heterocycles. The van der Waals surface area contributed by atoms with Gasteiger partial charge in [-0.15, -0.1) is 0 Å². The molecule has 2 aromatic carbocycles. The third kappa shape index (κ3) is 2.83. The third-order valence-electron chi connectivity index (χ3n) is 5.10. The van der Waals surface area contributed by atoms with E-state index in [1.165, 1.54) is 35.6 Å². The van der Waals surface area contributed by atoms with Gasteiger partial charge in [0, 0.05) is 13.2 Å². The lowest BCUT2D eigenvalue weighted by Gasteiger charge is -2.41. The van der Waals surface area contributed by atoms with Gasteiger partial charge in [0.1, 0.15) is 0 Å². The Hall–Kier alpha value is -1.38. The van der Waals surface area contributed by atoms with E-state index in [-0.39, 0.29) is 11.6 Å². The number of ether oxygens (including phenoxy) is 1. The normalized spacial score (nSPS) is 19.5. The van der Waals surface area contributed by atoms with Gasteiger partial charge in [-0.1, -0.05) is 61.7 Å². The highest BCUT2D eigenvalue weighted by Gasteiger charge is 2.38. The number of hydrogen-bond donors (Lipinski definition) is 1. The van der Waals surface area contributed by atoms with Crippen molar-refractivity contribution in [1.82, 2.24) is 0 Å². The molecule has 2 nitrogen and oxygen atoms in total. The highest BCUT2D eigenvalue weighted by atomic mass is 16.5. The van der Waals surface area contributed by atoms with E-state index >= 15 is 0 Å². The molecule has 0 saturated heterocycles. The first-order chi connectivity index (χ1) is 10.2. The van der Waals surface area contributed by atoms with E-state index in [9.17, 15) is 0 Å². The molecular weight excluding hydrogens is 258 g/mol. The Labute approximate surface area is 127 Å². The number of benzene rings is 2. The molecule has 0 bridgehead atoms. The molecule has 0 aliphatic heterocycles. The van der Waals surface area contributed by atoms with Crippen LogP contribution in [0.4, 0.5) is 0 Å². The Morgan fingerprint density at radius 2 is 1.76 bits per heavy atom. The fourth-order valence-electron chi connectivity index (χ4n) is 3.77. The third-order valence-corrected chi connectivity index (χ3v) is 5.10. The molecule has 1 fully saturated rings. The predicted octanol–water partition coefficient (Wildman–Crippen LogP) is 4.06. The molecule has 2 heteroatoms. The molecule has 21 heavy (non-hydrogen) atoms. The van der Waals surface area contributed by atoms with Crippen molar-refractivity contribution < 1.29 is 4.74 Å². The molecule has 2 aromatic rings. The zero-order valence-corrected chi connectivity index (χ0v) is 12.8. The van der Waals surface area contributed by atoms with Crippen LogP contribution in [-0.2, 0) is 11.2 Å². The van der Waals surface area contributed by atoms with Crippen LogP contribution in [0.3, 0.4) is 0 Å². The highest BCUT2D eigenvalue weighted by Crippen LogP contribution is 2.35. The van der Waals surface area contributed by atoms with E-state index in [1.807, 2.05) is 7.11 Å². The maximum Gasteiger partial charge on any atom is 0.0832 e. The van der Waals surface area contributed by atoms with Crippen molar-refractivity contribution in [3.63, 3.8) is 0 Å². The highest BCUT2D eigenvalue weighted by molar-refractivity contribution is 5.85.